The lowest BCUT2D eigenvalue weighted by molar-refractivity contribution is 0.0224. The second-order valence-electron chi connectivity index (χ2n) is 7.67. The molecule has 2 aliphatic heterocycles. The van der Waals surface area contributed by atoms with Gasteiger partial charge in [0, 0.05) is 25.5 Å². The molecule has 0 spiro atoms. The first kappa shape index (κ1) is 20.9. The van der Waals surface area contributed by atoms with Crippen molar-refractivity contribution in [3.05, 3.63) is 48.0 Å². The Bertz CT molecular complexity index is 797. The number of carbonyl (C=O) groups is 1. The molecule has 0 bridgehead atoms. The van der Waals surface area contributed by atoms with Gasteiger partial charge in [0.2, 0.25) is 0 Å². The average Bonchev–Trinajstić information content (AvgIpc) is 3.05. The summed E-state index contributed by atoms with van der Waals surface area (Å²) in [4.78, 5) is 22.0. The molecule has 0 fully saturated rings. The zero-order valence-corrected chi connectivity index (χ0v) is 17.2. The van der Waals surface area contributed by atoms with Crippen LogP contribution in [0.1, 0.15) is 32.2 Å². The highest BCUT2D eigenvalue weighted by Crippen LogP contribution is 2.21. The highest BCUT2D eigenvalue weighted by Gasteiger charge is 2.25. The molecular formula is C21H28N4O4. The molecule has 2 aromatic heterocycles. The Morgan fingerprint density at radius 3 is 2.45 bits per heavy atom. The maximum Gasteiger partial charge on any atom is 0.410 e. The molecule has 4 heterocycles. The van der Waals surface area contributed by atoms with Crippen molar-refractivity contribution < 1.29 is 19.0 Å². The third-order valence-electron chi connectivity index (χ3n) is 4.14. The van der Waals surface area contributed by atoms with Gasteiger partial charge in [-0.2, -0.15) is 0 Å². The smallest absolute Gasteiger partial charge is 0.410 e. The summed E-state index contributed by atoms with van der Waals surface area (Å²) in [5.74, 6) is 1.65. The molecule has 8 nitrogen and oxygen atoms in total. The fraction of sp³-hybridized carbons (Fsp3) is 0.476. The van der Waals surface area contributed by atoms with Crippen LogP contribution in [0.5, 0.6) is 11.5 Å². The molecule has 0 atom stereocenters. The molecule has 1 amide bonds. The van der Waals surface area contributed by atoms with E-state index in [-0.39, 0.29) is 6.09 Å². The number of amides is 1. The predicted octanol–water partition coefficient (Wildman–Crippen LogP) is 2.77. The van der Waals surface area contributed by atoms with Crippen molar-refractivity contribution in [3.63, 3.8) is 0 Å². The Labute approximate surface area is 171 Å². The van der Waals surface area contributed by atoms with Crippen LogP contribution in [0.2, 0.25) is 0 Å². The van der Waals surface area contributed by atoms with Crippen molar-refractivity contribution in [2.24, 2.45) is 0 Å². The van der Waals surface area contributed by atoms with Crippen LogP contribution in [0.25, 0.3) is 0 Å². The van der Waals surface area contributed by atoms with Gasteiger partial charge in [-0.05, 0) is 45.0 Å². The van der Waals surface area contributed by atoms with Crippen LogP contribution in [0.4, 0.5) is 4.79 Å². The monoisotopic (exact) mass is 400 g/mol. The lowest BCUT2D eigenvalue weighted by atomic mass is 10.2. The summed E-state index contributed by atoms with van der Waals surface area (Å²) in [5, 5.41) is 3.22. The summed E-state index contributed by atoms with van der Waals surface area (Å²) in [5.41, 5.74) is 1.28. The maximum atomic E-state index is 12.0. The SMILES string of the molecule is CC(C)(C)OC(=O)N1CCOc2cccnc2C1.c1cnc2c(c1)OCCNC2. The standard InChI is InChI=1S/C13H18N2O3.C8H10N2O/c1-13(2,3)18-12(16)15-7-8-17-11-5-4-6-14-10(11)9-15;1-2-8-7(10-3-1)6-9-4-5-11-8/h4-6H,7-9H2,1-3H3;1-3,9H,4-6H2. The minimum Gasteiger partial charge on any atom is -0.490 e. The number of nitrogens with zero attached hydrogens (tertiary/aromatic N) is 3. The number of hydrogen-bond donors (Lipinski definition) is 1. The van der Waals surface area contributed by atoms with Crippen LogP contribution in [0.15, 0.2) is 36.7 Å². The summed E-state index contributed by atoms with van der Waals surface area (Å²) in [6.45, 7) is 9.39. The zero-order chi connectivity index (χ0) is 20.7. The lowest BCUT2D eigenvalue weighted by Gasteiger charge is -2.25. The quantitative estimate of drug-likeness (QED) is 0.728. The molecule has 8 heteroatoms. The van der Waals surface area contributed by atoms with E-state index in [1.54, 1.807) is 17.3 Å². The van der Waals surface area contributed by atoms with Crippen LogP contribution in [-0.4, -0.2) is 52.9 Å². The molecule has 0 unspecified atom stereocenters. The Morgan fingerprint density at radius 2 is 1.72 bits per heavy atom. The number of carbonyl (C=O) groups excluding carboxylic acids is 1. The van der Waals surface area contributed by atoms with Gasteiger partial charge in [0.25, 0.3) is 0 Å². The van der Waals surface area contributed by atoms with Crippen LogP contribution in [-0.2, 0) is 17.8 Å². The molecule has 156 valence electrons. The number of aromatic nitrogens is 2. The molecule has 0 saturated heterocycles. The summed E-state index contributed by atoms with van der Waals surface area (Å²) in [6.07, 6.45) is 3.15. The Balaban J connectivity index is 0.000000186. The van der Waals surface area contributed by atoms with Gasteiger partial charge in [-0.1, -0.05) is 0 Å². The number of fused-ring (bicyclic) bond motifs is 2. The third kappa shape index (κ3) is 6.32. The third-order valence-corrected chi connectivity index (χ3v) is 4.14. The minimum absolute atomic E-state index is 0.329. The number of rotatable bonds is 0. The first-order chi connectivity index (χ1) is 13.9. The van der Waals surface area contributed by atoms with E-state index in [1.165, 1.54) is 0 Å². The Morgan fingerprint density at radius 1 is 1.07 bits per heavy atom. The van der Waals surface area contributed by atoms with Crippen LogP contribution < -0.4 is 14.8 Å². The molecule has 0 radical (unpaired) electrons. The molecule has 2 aliphatic rings. The summed E-state index contributed by atoms with van der Waals surface area (Å²) in [7, 11) is 0. The van der Waals surface area contributed by atoms with Crippen molar-refractivity contribution in [1.29, 1.82) is 0 Å². The maximum absolute atomic E-state index is 12.0. The van der Waals surface area contributed by atoms with E-state index in [2.05, 4.69) is 15.3 Å². The first-order valence-electron chi connectivity index (χ1n) is 9.74. The fourth-order valence-corrected chi connectivity index (χ4v) is 2.81. The number of ether oxygens (including phenoxy) is 3. The Kier molecular flexibility index (Phi) is 6.87. The second kappa shape index (κ2) is 9.56. The van der Waals surface area contributed by atoms with Gasteiger partial charge in [-0.3, -0.25) is 14.9 Å². The highest BCUT2D eigenvalue weighted by molar-refractivity contribution is 5.68. The zero-order valence-electron chi connectivity index (χ0n) is 17.2. The topological polar surface area (TPSA) is 85.8 Å². The van der Waals surface area contributed by atoms with Crippen molar-refractivity contribution >= 4 is 6.09 Å². The minimum atomic E-state index is -0.489. The van der Waals surface area contributed by atoms with E-state index in [0.29, 0.717) is 19.7 Å². The first-order valence-corrected chi connectivity index (χ1v) is 9.74. The van der Waals surface area contributed by atoms with E-state index in [4.69, 9.17) is 14.2 Å². The molecule has 2 aromatic rings. The van der Waals surface area contributed by atoms with E-state index in [0.717, 1.165) is 42.6 Å². The van der Waals surface area contributed by atoms with E-state index in [9.17, 15) is 4.79 Å². The highest BCUT2D eigenvalue weighted by atomic mass is 16.6. The number of nitrogens with one attached hydrogen (secondary N) is 1. The molecular weight excluding hydrogens is 372 g/mol. The van der Waals surface area contributed by atoms with Crippen molar-refractivity contribution in [2.45, 2.75) is 39.5 Å². The molecule has 29 heavy (non-hydrogen) atoms. The average molecular weight is 400 g/mol. The summed E-state index contributed by atoms with van der Waals surface area (Å²) < 4.78 is 16.3. The van der Waals surface area contributed by atoms with E-state index < -0.39 is 5.60 Å². The summed E-state index contributed by atoms with van der Waals surface area (Å²) >= 11 is 0. The van der Waals surface area contributed by atoms with Crippen LogP contribution in [0, 0.1) is 0 Å². The Hall–Kier alpha value is -2.87. The van der Waals surface area contributed by atoms with Gasteiger partial charge in [0.15, 0.2) is 0 Å². The van der Waals surface area contributed by atoms with Gasteiger partial charge < -0.3 is 19.5 Å². The largest absolute Gasteiger partial charge is 0.490 e. The van der Waals surface area contributed by atoms with Crippen molar-refractivity contribution in [3.8, 4) is 11.5 Å². The fourth-order valence-electron chi connectivity index (χ4n) is 2.81. The van der Waals surface area contributed by atoms with Crippen molar-refractivity contribution in [2.75, 3.05) is 26.3 Å². The molecule has 1 N–H and O–H groups in total. The van der Waals surface area contributed by atoms with E-state index >= 15 is 0 Å². The molecule has 4 rings (SSSR count). The normalized spacial score (nSPS) is 15.8. The number of hydrogen-bond acceptors (Lipinski definition) is 7. The lowest BCUT2D eigenvalue weighted by Crippen LogP contribution is -2.37. The van der Waals surface area contributed by atoms with Crippen molar-refractivity contribution in [1.82, 2.24) is 20.2 Å². The van der Waals surface area contributed by atoms with Gasteiger partial charge in [-0.25, -0.2) is 4.79 Å². The number of pyridine rings is 2. The van der Waals surface area contributed by atoms with E-state index in [1.807, 2.05) is 45.0 Å². The van der Waals surface area contributed by atoms with Crippen LogP contribution >= 0.6 is 0 Å². The second-order valence-corrected chi connectivity index (χ2v) is 7.67. The summed E-state index contributed by atoms with van der Waals surface area (Å²) in [6, 6.07) is 7.53. The van der Waals surface area contributed by atoms with Gasteiger partial charge in [-0.15, -0.1) is 0 Å². The molecule has 0 saturated carbocycles. The predicted molar refractivity (Wildman–Crippen MR) is 108 cm³/mol. The molecule has 0 aliphatic carbocycles. The molecule has 0 aromatic carbocycles. The van der Waals surface area contributed by atoms with Crippen LogP contribution in [0.3, 0.4) is 0 Å². The van der Waals surface area contributed by atoms with Gasteiger partial charge in [0.1, 0.15) is 36.0 Å². The van der Waals surface area contributed by atoms with Gasteiger partial charge >= 0.3 is 6.09 Å². The van der Waals surface area contributed by atoms with Gasteiger partial charge in [0.05, 0.1) is 18.8 Å².